The maximum atomic E-state index is 13.5. The highest BCUT2D eigenvalue weighted by molar-refractivity contribution is 7.92. The van der Waals surface area contributed by atoms with Crippen molar-refractivity contribution in [2.45, 2.75) is 24.8 Å². The fourth-order valence-corrected chi connectivity index (χ4v) is 4.56. The van der Waals surface area contributed by atoms with Crippen LogP contribution in [0.3, 0.4) is 0 Å². The van der Waals surface area contributed by atoms with E-state index in [2.05, 4.69) is 5.32 Å². The lowest BCUT2D eigenvalue weighted by molar-refractivity contribution is 0.0939. The van der Waals surface area contributed by atoms with Crippen LogP contribution in [0.15, 0.2) is 65.6 Å². The van der Waals surface area contributed by atoms with Crippen molar-refractivity contribution in [3.8, 4) is 5.75 Å². The van der Waals surface area contributed by atoms with Gasteiger partial charge in [-0.1, -0.05) is 24.3 Å². The third-order valence-corrected chi connectivity index (χ3v) is 7.10. The fraction of sp³-hybridized carbons (Fsp3) is 0.208. The highest BCUT2D eigenvalue weighted by atomic mass is 32.2. The first kappa shape index (κ1) is 24.2. The van der Waals surface area contributed by atoms with Crippen LogP contribution >= 0.6 is 0 Å². The lowest BCUT2D eigenvalue weighted by Gasteiger charge is -2.22. The molecule has 0 heterocycles. The first-order valence-electron chi connectivity index (χ1n) is 10.0. The molecule has 0 bridgehead atoms. The quantitative estimate of drug-likeness (QED) is 0.543. The van der Waals surface area contributed by atoms with Crippen LogP contribution in [0.1, 0.15) is 34.5 Å². The zero-order valence-corrected chi connectivity index (χ0v) is 19.4. The number of para-hydroxylation sites is 2. The second-order valence-electron chi connectivity index (χ2n) is 7.49. The summed E-state index contributed by atoms with van der Waals surface area (Å²) in [6.45, 7) is 3.30. The van der Waals surface area contributed by atoms with Crippen molar-refractivity contribution in [3.63, 3.8) is 0 Å². The summed E-state index contributed by atoms with van der Waals surface area (Å²) in [5.74, 6) is -2.15. The average molecular weight is 475 g/mol. The Bertz CT molecular complexity index is 1300. The zero-order chi connectivity index (χ0) is 24.3. The van der Waals surface area contributed by atoms with Crippen LogP contribution in [0.5, 0.6) is 5.75 Å². The predicted molar refractivity (Wildman–Crippen MR) is 122 cm³/mol. The number of nitrogens with one attached hydrogen (secondary N) is 1. The zero-order valence-electron chi connectivity index (χ0n) is 18.6. The van der Waals surface area contributed by atoms with Crippen molar-refractivity contribution < 1.29 is 26.7 Å². The fourth-order valence-electron chi connectivity index (χ4n) is 3.32. The Labute approximate surface area is 191 Å². The van der Waals surface area contributed by atoms with Crippen molar-refractivity contribution in [1.29, 1.82) is 0 Å². The van der Waals surface area contributed by atoms with Gasteiger partial charge >= 0.3 is 0 Å². The summed E-state index contributed by atoms with van der Waals surface area (Å²) < 4.78 is 59.6. The van der Waals surface area contributed by atoms with Gasteiger partial charge in [-0.15, -0.1) is 0 Å². The molecule has 3 rings (SSSR count). The second kappa shape index (κ2) is 9.58. The van der Waals surface area contributed by atoms with E-state index < -0.39 is 33.6 Å². The van der Waals surface area contributed by atoms with Gasteiger partial charge in [0.25, 0.3) is 15.9 Å². The van der Waals surface area contributed by atoms with Gasteiger partial charge in [0, 0.05) is 12.6 Å². The van der Waals surface area contributed by atoms with Crippen LogP contribution in [-0.2, 0) is 10.0 Å². The molecule has 6 nitrogen and oxygen atoms in total. The number of benzene rings is 3. The number of sulfonamides is 1. The molecule has 1 amide bonds. The molecule has 0 aliphatic heterocycles. The first-order valence-corrected chi connectivity index (χ1v) is 11.5. The van der Waals surface area contributed by atoms with Gasteiger partial charge in [0.15, 0.2) is 11.6 Å². The van der Waals surface area contributed by atoms with E-state index in [1.165, 1.54) is 32.4 Å². The summed E-state index contributed by atoms with van der Waals surface area (Å²) in [6.07, 6.45) is 0. The molecule has 174 valence electrons. The molecule has 3 aromatic carbocycles. The van der Waals surface area contributed by atoms with E-state index in [1.807, 2.05) is 0 Å². The number of carbonyl (C=O) groups excluding carboxylic acids is 1. The number of rotatable bonds is 7. The SMILES string of the molecule is COc1ccccc1N(C)S(=O)(=O)c1ccc(C)c(C(=O)NC(C)c2ccc(F)c(F)c2)c1. The monoisotopic (exact) mass is 474 g/mol. The number of carbonyl (C=O) groups is 1. The Morgan fingerprint density at radius 2 is 1.73 bits per heavy atom. The minimum Gasteiger partial charge on any atom is -0.495 e. The number of hydrogen-bond donors (Lipinski definition) is 1. The van der Waals surface area contributed by atoms with E-state index in [1.54, 1.807) is 44.2 Å². The van der Waals surface area contributed by atoms with Crippen LogP contribution in [-0.4, -0.2) is 28.5 Å². The summed E-state index contributed by atoms with van der Waals surface area (Å²) in [5.41, 5.74) is 1.43. The molecular formula is C24H24F2N2O4S. The standard InChI is InChI=1S/C24H24F2N2O4S/c1-15-9-11-18(33(30,31)28(3)22-7-5-6-8-23(22)32-4)14-19(15)24(29)27-16(2)17-10-12-20(25)21(26)13-17/h5-14,16H,1-4H3,(H,27,29). The van der Waals surface area contributed by atoms with E-state index in [0.717, 1.165) is 16.4 Å². The number of hydrogen-bond acceptors (Lipinski definition) is 4. The molecule has 9 heteroatoms. The highest BCUT2D eigenvalue weighted by Crippen LogP contribution is 2.31. The molecule has 0 spiro atoms. The van der Waals surface area contributed by atoms with Crippen molar-refractivity contribution >= 4 is 21.6 Å². The number of ether oxygens (including phenoxy) is 1. The highest BCUT2D eigenvalue weighted by Gasteiger charge is 2.25. The second-order valence-corrected chi connectivity index (χ2v) is 9.46. The van der Waals surface area contributed by atoms with Crippen LogP contribution in [0.4, 0.5) is 14.5 Å². The maximum absolute atomic E-state index is 13.5. The smallest absolute Gasteiger partial charge is 0.264 e. The van der Waals surface area contributed by atoms with Crippen LogP contribution in [0, 0.1) is 18.6 Å². The molecule has 0 fully saturated rings. The van der Waals surface area contributed by atoms with Crippen LogP contribution in [0.2, 0.25) is 0 Å². The summed E-state index contributed by atoms with van der Waals surface area (Å²) in [5, 5.41) is 2.70. The number of amides is 1. The molecule has 0 radical (unpaired) electrons. The van der Waals surface area contributed by atoms with Crippen LogP contribution < -0.4 is 14.4 Å². The van der Waals surface area contributed by atoms with E-state index in [0.29, 0.717) is 22.6 Å². The van der Waals surface area contributed by atoms with Gasteiger partial charge in [-0.2, -0.15) is 0 Å². The van der Waals surface area contributed by atoms with Crippen LogP contribution in [0.25, 0.3) is 0 Å². The normalized spacial score (nSPS) is 12.2. The van der Waals surface area contributed by atoms with Crippen molar-refractivity contribution in [3.05, 3.63) is 89.0 Å². The Morgan fingerprint density at radius 3 is 2.39 bits per heavy atom. The number of anilines is 1. The van der Waals surface area contributed by atoms with Crippen molar-refractivity contribution in [2.24, 2.45) is 0 Å². The molecule has 0 aliphatic carbocycles. The number of nitrogens with zero attached hydrogens (tertiary/aromatic N) is 1. The van der Waals surface area contributed by atoms with Gasteiger partial charge in [0.05, 0.1) is 23.7 Å². The molecule has 0 saturated carbocycles. The van der Waals surface area contributed by atoms with Gasteiger partial charge in [0.1, 0.15) is 5.75 Å². The van der Waals surface area contributed by atoms with E-state index in [9.17, 15) is 22.0 Å². The summed E-state index contributed by atoms with van der Waals surface area (Å²) in [6, 6.07) is 13.7. The predicted octanol–water partition coefficient (Wildman–Crippen LogP) is 4.60. The topological polar surface area (TPSA) is 75.7 Å². The molecule has 3 aromatic rings. The Hall–Kier alpha value is -3.46. The number of methoxy groups -OCH3 is 1. The van der Waals surface area contributed by atoms with E-state index >= 15 is 0 Å². The summed E-state index contributed by atoms with van der Waals surface area (Å²) in [4.78, 5) is 12.8. The first-order chi connectivity index (χ1) is 15.6. The molecule has 1 unspecified atom stereocenters. The minimum absolute atomic E-state index is 0.0767. The van der Waals surface area contributed by atoms with E-state index in [4.69, 9.17) is 4.74 Å². The largest absolute Gasteiger partial charge is 0.495 e. The Morgan fingerprint density at radius 1 is 1.03 bits per heavy atom. The maximum Gasteiger partial charge on any atom is 0.264 e. The van der Waals surface area contributed by atoms with Crippen molar-refractivity contribution in [2.75, 3.05) is 18.5 Å². The van der Waals surface area contributed by atoms with Gasteiger partial charge in [0.2, 0.25) is 0 Å². The Balaban J connectivity index is 1.90. The van der Waals surface area contributed by atoms with Gasteiger partial charge in [-0.3, -0.25) is 9.10 Å². The molecule has 0 aliphatic rings. The molecule has 1 N–H and O–H groups in total. The summed E-state index contributed by atoms with van der Waals surface area (Å²) >= 11 is 0. The molecule has 0 aromatic heterocycles. The minimum atomic E-state index is -4.01. The lowest BCUT2D eigenvalue weighted by Crippen LogP contribution is -2.29. The molecule has 33 heavy (non-hydrogen) atoms. The number of halogens is 2. The third kappa shape index (κ3) is 4.98. The van der Waals surface area contributed by atoms with Crippen molar-refractivity contribution in [1.82, 2.24) is 5.32 Å². The van der Waals surface area contributed by atoms with Gasteiger partial charge in [-0.25, -0.2) is 17.2 Å². The number of aryl methyl sites for hydroxylation is 1. The van der Waals surface area contributed by atoms with Gasteiger partial charge < -0.3 is 10.1 Å². The lowest BCUT2D eigenvalue weighted by atomic mass is 10.1. The molecule has 0 saturated heterocycles. The molecular weight excluding hydrogens is 450 g/mol. The molecule has 1 atom stereocenters. The Kier molecular flexibility index (Phi) is 7.02. The average Bonchev–Trinajstić information content (AvgIpc) is 2.80. The van der Waals surface area contributed by atoms with E-state index in [-0.39, 0.29) is 10.5 Å². The summed E-state index contributed by atoms with van der Waals surface area (Å²) in [7, 11) is -1.16. The third-order valence-electron chi connectivity index (χ3n) is 5.33. The van der Waals surface area contributed by atoms with Gasteiger partial charge in [-0.05, 0) is 61.4 Å².